The van der Waals surface area contributed by atoms with Gasteiger partial charge in [-0.25, -0.2) is 22.4 Å². The number of thiophene rings is 1. The monoisotopic (exact) mass is 488 g/mol. The number of furan rings is 1. The molecule has 0 aromatic carbocycles. The number of aromatic nitrogens is 2. The van der Waals surface area contributed by atoms with Crippen molar-refractivity contribution < 1.29 is 41.1 Å². The molecule has 3 N–H and O–H groups in total. The van der Waals surface area contributed by atoms with Crippen LogP contribution in [-0.4, -0.2) is 34.7 Å². The highest BCUT2D eigenvalue weighted by atomic mass is 32.1. The fourth-order valence-corrected chi connectivity index (χ4v) is 3.98. The number of halogens is 4. The van der Waals surface area contributed by atoms with E-state index in [2.05, 4.69) is 15.2 Å². The third kappa shape index (κ3) is 4.89. The predicted molar refractivity (Wildman–Crippen MR) is 107 cm³/mol. The van der Waals surface area contributed by atoms with Crippen LogP contribution in [0.5, 0.6) is 0 Å². The predicted octanol–water partition coefficient (Wildman–Crippen LogP) is 3.91. The summed E-state index contributed by atoms with van der Waals surface area (Å²) in [7, 11) is 1.12. The number of carbonyl (C=O) groups is 3. The molecule has 0 aliphatic heterocycles. The van der Waals surface area contributed by atoms with Gasteiger partial charge in [-0.2, -0.15) is 5.10 Å². The van der Waals surface area contributed by atoms with Crippen LogP contribution in [0.25, 0.3) is 0 Å². The minimum Gasteiger partial charge on any atom is -0.465 e. The number of primary amides is 1. The number of nitrogens with two attached hydrogens (primary N) is 1. The van der Waals surface area contributed by atoms with Crippen LogP contribution in [0.3, 0.4) is 0 Å². The van der Waals surface area contributed by atoms with Crippen LogP contribution in [0.1, 0.15) is 66.1 Å². The Morgan fingerprint density at radius 1 is 1.24 bits per heavy atom. The molecule has 9 nitrogen and oxygen atoms in total. The molecular weight excluding hydrogens is 472 g/mol. The first-order valence-corrected chi connectivity index (χ1v) is 9.90. The molecule has 3 rings (SSSR count). The van der Waals surface area contributed by atoms with Crippen molar-refractivity contribution in [3.8, 4) is 0 Å². The molecule has 33 heavy (non-hydrogen) atoms. The van der Waals surface area contributed by atoms with E-state index < -0.39 is 48.6 Å². The quantitative estimate of drug-likeness (QED) is 0.365. The molecular formula is C19H16F4N4O5S. The Bertz CT molecular complexity index is 1220. The fourth-order valence-electron chi connectivity index (χ4n) is 2.94. The summed E-state index contributed by atoms with van der Waals surface area (Å²) in [6.07, 6.45) is -6.09. The number of rotatable bonds is 8. The number of nitrogens with zero attached hydrogens (tertiary/aromatic N) is 2. The van der Waals surface area contributed by atoms with Crippen LogP contribution in [0.15, 0.2) is 22.6 Å². The van der Waals surface area contributed by atoms with Gasteiger partial charge in [-0.05, 0) is 30.7 Å². The number of nitrogens with one attached hydrogen (secondary N) is 1. The molecule has 2 amide bonds. The Labute approximate surface area is 187 Å². The third-order valence-electron chi connectivity index (χ3n) is 4.46. The lowest BCUT2D eigenvalue weighted by Crippen LogP contribution is -2.14. The number of hydrogen-bond acceptors (Lipinski definition) is 7. The second-order valence-electron chi connectivity index (χ2n) is 6.59. The van der Waals surface area contributed by atoms with E-state index in [4.69, 9.17) is 10.2 Å². The summed E-state index contributed by atoms with van der Waals surface area (Å²) in [5.74, 6) is -2.72. The lowest BCUT2D eigenvalue weighted by Gasteiger charge is -2.05. The number of esters is 1. The van der Waals surface area contributed by atoms with E-state index >= 15 is 0 Å². The summed E-state index contributed by atoms with van der Waals surface area (Å²) < 4.78 is 62.6. The van der Waals surface area contributed by atoms with Crippen molar-refractivity contribution in [2.75, 3.05) is 12.4 Å². The standard InChI is InChI=1S/C19H16F4N4O5S/c1-7-12(19(30)31-2)18(33-13(7)16(24)28)25-17(29)11-4-3-8(32-11)6-27-10(15(22)23)5-9(26-27)14(20)21/h3-5,14-15H,6H2,1-2H3,(H2,24,28)(H,25,29). The van der Waals surface area contributed by atoms with E-state index in [0.717, 1.165) is 18.4 Å². The van der Waals surface area contributed by atoms with Gasteiger partial charge < -0.3 is 20.2 Å². The second-order valence-corrected chi connectivity index (χ2v) is 7.61. The van der Waals surface area contributed by atoms with Gasteiger partial charge in [0.25, 0.3) is 24.7 Å². The van der Waals surface area contributed by atoms with Crippen molar-refractivity contribution in [2.24, 2.45) is 5.73 Å². The Hall–Kier alpha value is -3.68. The van der Waals surface area contributed by atoms with Crippen molar-refractivity contribution in [3.63, 3.8) is 0 Å². The fraction of sp³-hybridized carbons (Fsp3) is 0.263. The molecule has 0 atom stereocenters. The minimum atomic E-state index is -3.05. The summed E-state index contributed by atoms with van der Waals surface area (Å²) >= 11 is 0.763. The first kappa shape index (κ1) is 24.0. The van der Waals surface area contributed by atoms with E-state index in [9.17, 15) is 31.9 Å². The lowest BCUT2D eigenvalue weighted by molar-refractivity contribution is 0.0601. The van der Waals surface area contributed by atoms with Crippen molar-refractivity contribution in [3.05, 3.63) is 57.1 Å². The van der Waals surface area contributed by atoms with Gasteiger partial charge >= 0.3 is 5.97 Å². The van der Waals surface area contributed by atoms with Crippen molar-refractivity contribution in [2.45, 2.75) is 26.3 Å². The molecule has 0 fully saturated rings. The molecule has 3 heterocycles. The van der Waals surface area contributed by atoms with Gasteiger partial charge in [-0.1, -0.05) is 0 Å². The molecule has 176 valence electrons. The van der Waals surface area contributed by atoms with Crippen LogP contribution < -0.4 is 11.1 Å². The molecule has 0 saturated heterocycles. The summed E-state index contributed by atoms with van der Waals surface area (Å²) in [6, 6.07) is 3.09. The number of ether oxygens (including phenoxy) is 1. The largest absolute Gasteiger partial charge is 0.465 e. The van der Waals surface area contributed by atoms with E-state index in [0.29, 0.717) is 10.7 Å². The molecule has 3 aromatic heterocycles. The van der Waals surface area contributed by atoms with Gasteiger partial charge in [-0.15, -0.1) is 11.3 Å². The third-order valence-corrected chi connectivity index (χ3v) is 5.68. The molecule has 0 radical (unpaired) electrons. The topological polar surface area (TPSA) is 129 Å². The van der Waals surface area contributed by atoms with E-state index in [-0.39, 0.29) is 32.5 Å². The van der Waals surface area contributed by atoms with Crippen LogP contribution in [-0.2, 0) is 11.3 Å². The zero-order chi connectivity index (χ0) is 24.4. The van der Waals surface area contributed by atoms with E-state index in [1.54, 1.807) is 0 Å². The molecule has 14 heteroatoms. The number of amides is 2. The maximum atomic E-state index is 13.1. The number of methoxy groups -OCH3 is 1. The van der Waals surface area contributed by atoms with Gasteiger partial charge in [0, 0.05) is 0 Å². The SMILES string of the molecule is COC(=O)c1c(NC(=O)c2ccc(Cn3nc(C(F)F)cc3C(F)F)o2)sc(C(N)=O)c1C. The van der Waals surface area contributed by atoms with Gasteiger partial charge in [0.2, 0.25) is 0 Å². The van der Waals surface area contributed by atoms with Crippen LogP contribution in [0.4, 0.5) is 22.6 Å². The lowest BCUT2D eigenvalue weighted by atomic mass is 10.1. The van der Waals surface area contributed by atoms with Gasteiger partial charge in [0.1, 0.15) is 22.1 Å². The molecule has 0 bridgehead atoms. The van der Waals surface area contributed by atoms with Crippen molar-refractivity contribution in [1.29, 1.82) is 0 Å². The summed E-state index contributed by atoms with van der Waals surface area (Å²) in [5, 5.41) is 5.86. The average molecular weight is 488 g/mol. The number of hydrogen-bond donors (Lipinski definition) is 2. The Balaban J connectivity index is 1.84. The maximum Gasteiger partial charge on any atom is 0.341 e. The second kappa shape index (κ2) is 9.44. The van der Waals surface area contributed by atoms with Gasteiger partial charge in [-0.3, -0.25) is 14.3 Å². The highest BCUT2D eigenvalue weighted by Gasteiger charge is 2.27. The highest BCUT2D eigenvalue weighted by Crippen LogP contribution is 2.34. The first-order valence-electron chi connectivity index (χ1n) is 9.09. The van der Waals surface area contributed by atoms with Crippen molar-refractivity contribution >= 4 is 34.1 Å². The van der Waals surface area contributed by atoms with E-state index in [1.165, 1.54) is 19.1 Å². The molecule has 0 unspecified atom stereocenters. The van der Waals surface area contributed by atoms with Gasteiger partial charge in [0.15, 0.2) is 5.76 Å². The zero-order valence-electron chi connectivity index (χ0n) is 17.0. The number of carbonyl (C=O) groups excluding carboxylic acids is 3. The first-order chi connectivity index (χ1) is 15.5. The van der Waals surface area contributed by atoms with Crippen LogP contribution >= 0.6 is 11.3 Å². The smallest absolute Gasteiger partial charge is 0.341 e. The molecule has 0 spiro atoms. The molecule has 0 aliphatic rings. The molecule has 0 saturated carbocycles. The van der Waals surface area contributed by atoms with E-state index in [1.807, 2.05) is 0 Å². The van der Waals surface area contributed by atoms with Crippen LogP contribution in [0.2, 0.25) is 0 Å². The van der Waals surface area contributed by atoms with Crippen molar-refractivity contribution in [1.82, 2.24) is 9.78 Å². The average Bonchev–Trinajstić information content (AvgIpc) is 3.45. The van der Waals surface area contributed by atoms with Crippen LogP contribution in [0, 0.1) is 6.92 Å². The highest BCUT2D eigenvalue weighted by molar-refractivity contribution is 7.18. The molecule has 0 aliphatic carbocycles. The Kier molecular flexibility index (Phi) is 6.86. The van der Waals surface area contributed by atoms with Gasteiger partial charge in [0.05, 0.1) is 24.1 Å². The summed E-state index contributed by atoms with van der Waals surface area (Å²) in [6.45, 7) is 1.03. The normalized spacial score (nSPS) is 11.3. The number of anilines is 1. The number of alkyl halides is 4. The summed E-state index contributed by atoms with van der Waals surface area (Å²) in [4.78, 5) is 36.3. The summed E-state index contributed by atoms with van der Waals surface area (Å²) in [5.41, 5.74) is 3.90. The Morgan fingerprint density at radius 3 is 2.52 bits per heavy atom. The maximum absolute atomic E-state index is 13.1. The minimum absolute atomic E-state index is 0.00950. The Morgan fingerprint density at radius 2 is 1.94 bits per heavy atom. The zero-order valence-corrected chi connectivity index (χ0v) is 17.8. The molecule has 3 aromatic rings.